The molecule has 2 saturated heterocycles. The summed E-state index contributed by atoms with van der Waals surface area (Å²) >= 11 is 0. The maximum absolute atomic E-state index is 9.51. The highest BCUT2D eigenvalue weighted by molar-refractivity contribution is 5.03. The van der Waals surface area contributed by atoms with Gasteiger partial charge in [-0.3, -0.25) is 0 Å². The third-order valence-electron chi connectivity index (χ3n) is 4.42. The quantitative estimate of drug-likeness (QED) is 0.673. The van der Waals surface area contributed by atoms with Gasteiger partial charge in [-0.25, -0.2) is 0 Å². The zero-order valence-corrected chi connectivity index (χ0v) is 8.84. The van der Waals surface area contributed by atoms with Gasteiger partial charge in [0.1, 0.15) is 0 Å². The van der Waals surface area contributed by atoms with E-state index in [1.165, 1.54) is 0 Å². The molecule has 13 heavy (non-hydrogen) atoms. The van der Waals surface area contributed by atoms with E-state index in [2.05, 4.69) is 20.8 Å². The van der Waals surface area contributed by atoms with Crippen molar-refractivity contribution < 1.29 is 9.84 Å². The van der Waals surface area contributed by atoms with E-state index >= 15 is 0 Å². The van der Waals surface area contributed by atoms with Gasteiger partial charge in [0.2, 0.25) is 0 Å². The standard InChI is InChI=1S/C11H20O2/c1-8-4-10(3)5-9(2)11(8,6-12)7-13-10/h8-9,12H,4-7H2,1-3H3. The number of hydrogen-bond acceptors (Lipinski definition) is 2. The summed E-state index contributed by atoms with van der Waals surface area (Å²) in [7, 11) is 0. The van der Waals surface area contributed by atoms with E-state index in [-0.39, 0.29) is 17.6 Å². The monoisotopic (exact) mass is 184 g/mol. The molecule has 0 spiro atoms. The molecule has 1 N–H and O–H groups in total. The summed E-state index contributed by atoms with van der Waals surface area (Å²) in [5.41, 5.74) is 0.146. The molecule has 3 fully saturated rings. The number of aliphatic hydroxyl groups is 1. The van der Waals surface area contributed by atoms with Gasteiger partial charge < -0.3 is 9.84 Å². The van der Waals surface area contributed by atoms with E-state index in [4.69, 9.17) is 4.74 Å². The Morgan fingerprint density at radius 1 is 1.31 bits per heavy atom. The number of aliphatic hydroxyl groups excluding tert-OH is 1. The molecule has 2 unspecified atom stereocenters. The lowest BCUT2D eigenvalue weighted by atomic mass is 9.56. The van der Waals surface area contributed by atoms with Crippen molar-refractivity contribution in [3.8, 4) is 0 Å². The molecule has 2 nitrogen and oxygen atoms in total. The van der Waals surface area contributed by atoms with E-state index in [0.29, 0.717) is 11.8 Å². The average molecular weight is 184 g/mol. The van der Waals surface area contributed by atoms with Crippen LogP contribution in [0.25, 0.3) is 0 Å². The zero-order chi connectivity index (χ0) is 9.69. The second kappa shape index (κ2) is 2.71. The molecule has 1 saturated carbocycles. The molecule has 3 aliphatic rings. The molecule has 0 aromatic rings. The SMILES string of the molecule is CC1CC2(C)CC(C)C1(CO)CO2. The summed E-state index contributed by atoms with van der Waals surface area (Å²) in [4.78, 5) is 0. The number of fused-ring (bicyclic) bond motifs is 3. The van der Waals surface area contributed by atoms with Gasteiger partial charge in [-0.1, -0.05) is 13.8 Å². The lowest BCUT2D eigenvalue weighted by Gasteiger charge is -2.58. The largest absolute Gasteiger partial charge is 0.396 e. The van der Waals surface area contributed by atoms with E-state index in [9.17, 15) is 5.11 Å². The van der Waals surface area contributed by atoms with Gasteiger partial charge in [0.05, 0.1) is 18.8 Å². The smallest absolute Gasteiger partial charge is 0.0660 e. The van der Waals surface area contributed by atoms with Gasteiger partial charge in [0.25, 0.3) is 0 Å². The van der Waals surface area contributed by atoms with Crippen molar-refractivity contribution in [1.29, 1.82) is 0 Å². The van der Waals surface area contributed by atoms with Crippen molar-refractivity contribution in [2.75, 3.05) is 13.2 Å². The molecule has 2 atom stereocenters. The van der Waals surface area contributed by atoms with Crippen molar-refractivity contribution >= 4 is 0 Å². The van der Waals surface area contributed by atoms with Crippen LogP contribution in [0.1, 0.15) is 33.6 Å². The molecule has 76 valence electrons. The number of rotatable bonds is 1. The Morgan fingerprint density at radius 2 is 1.85 bits per heavy atom. The molecule has 3 rings (SSSR count). The molecular formula is C11H20O2. The summed E-state index contributed by atoms with van der Waals surface area (Å²) in [5.74, 6) is 1.19. The third-order valence-corrected chi connectivity index (χ3v) is 4.42. The van der Waals surface area contributed by atoms with Gasteiger partial charge in [0, 0.05) is 5.41 Å². The molecule has 0 aromatic carbocycles. The Kier molecular flexibility index (Phi) is 1.97. The molecule has 2 heteroatoms. The van der Waals surface area contributed by atoms with E-state index in [0.717, 1.165) is 19.4 Å². The van der Waals surface area contributed by atoms with Crippen molar-refractivity contribution in [3.63, 3.8) is 0 Å². The van der Waals surface area contributed by atoms with Crippen molar-refractivity contribution in [2.24, 2.45) is 17.3 Å². The maximum atomic E-state index is 9.51. The Balaban J connectivity index is 2.29. The van der Waals surface area contributed by atoms with Crippen LogP contribution < -0.4 is 0 Å². The maximum Gasteiger partial charge on any atom is 0.0660 e. The van der Waals surface area contributed by atoms with Crippen LogP contribution >= 0.6 is 0 Å². The Morgan fingerprint density at radius 3 is 2.23 bits per heavy atom. The van der Waals surface area contributed by atoms with Crippen molar-refractivity contribution in [1.82, 2.24) is 0 Å². The van der Waals surface area contributed by atoms with Gasteiger partial charge in [-0.2, -0.15) is 0 Å². The normalized spacial score (nSPS) is 55.4. The van der Waals surface area contributed by atoms with Crippen molar-refractivity contribution in [3.05, 3.63) is 0 Å². The highest BCUT2D eigenvalue weighted by Gasteiger charge is 2.55. The first kappa shape index (κ1) is 9.47. The number of hydrogen-bond donors (Lipinski definition) is 1. The van der Waals surface area contributed by atoms with Gasteiger partial charge in [0.15, 0.2) is 0 Å². The molecule has 0 aromatic heterocycles. The second-order valence-electron chi connectivity index (χ2n) is 5.34. The molecule has 2 bridgehead atoms. The summed E-state index contributed by atoms with van der Waals surface area (Å²) in [6.07, 6.45) is 2.22. The molecule has 0 radical (unpaired) electrons. The minimum atomic E-state index is 0.0533. The van der Waals surface area contributed by atoms with Crippen LogP contribution in [0.4, 0.5) is 0 Å². The van der Waals surface area contributed by atoms with E-state index in [1.54, 1.807) is 0 Å². The lowest BCUT2D eigenvalue weighted by Crippen LogP contribution is -2.59. The minimum Gasteiger partial charge on any atom is -0.396 e. The van der Waals surface area contributed by atoms with Crippen LogP contribution in [0.3, 0.4) is 0 Å². The summed E-state index contributed by atoms with van der Waals surface area (Å²) in [5, 5.41) is 9.51. The van der Waals surface area contributed by atoms with Gasteiger partial charge in [-0.05, 0) is 31.6 Å². The highest BCUT2D eigenvalue weighted by Crippen LogP contribution is 2.54. The minimum absolute atomic E-state index is 0.0533. The second-order valence-corrected chi connectivity index (χ2v) is 5.34. The highest BCUT2D eigenvalue weighted by atomic mass is 16.5. The summed E-state index contributed by atoms with van der Waals surface area (Å²) in [6, 6.07) is 0. The topological polar surface area (TPSA) is 29.5 Å². The Hall–Kier alpha value is -0.0800. The fraction of sp³-hybridized carbons (Fsp3) is 1.00. The average Bonchev–Trinajstić information content (AvgIpc) is 2.03. The van der Waals surface area contributed by atoms with E-state index < -0.39 is 0 Å². The molecule has 0 amide bonds. The fourth-order valence-electron chi connectivity index (χ4n) is 3.34. The van der Waals surface area contributed by atoms with Crippen LogP contribution in [0.2, 0.25) is 0 Å². The third kappa shape index (κ3) is 1.15. The predicted octanol–water partition coefficient (Wildman–Crippen LogP) is 1.82. The van der Waals surface area contributed by atoms with Crippen LogP contribution in [0.5, 0.6) is 0 Å². The summed E-state index contributed by atoms with van der Waals surface area (Å²) in [6.45, 7) is 7.76. The molecular weight excluding hydrogens is 164 g/mol. The van der Waals surface area contributed by atoms with Gasteiger partial charge >= 0.3 is 0 Å². The van der Waals surface area contributed by atoms with Crippen LogP contribution in [0, 0.1) is 17.3 Å². The van der Waals surface area contributed by atoms with Crippen LogP contribution in [-0.2, 0) is 4.74 Å². The fourth-order valence-corrected chi connectivity index (χ4v) is 3.34. The Bertz CT molecular complexity index is 200. The van der Waals surface area contributed by atoms with Crippen LogP contribution in [0.15, 0.2) is 0 Å². The first-order valence-electron chi connectivity index (χ1n) is 5.27. The summed E-state index contributed by atoms with van der Waals surface area (Å²) < 4.78 is 5.84. The molecule has 2 heterocycles. The van der Waals surface area contributed by atoms with Gasteiger partial charge in [-0.15, -0.1) is 0 Å². The first-order valence-corrected chi connectivity index (χ1v) is 5.27. The zero-order valence-electron chi connectivity index (χ0n) is 8.84. The first-order chi connectivity index (χ1) is 6.02. The van der Waals surface area contributed by atoms with Crippen LogP contribution in [-0.4, -0.2) is 23.9 Å². The van der Waals surface area contributed by atoms with E-state index in [1.807, 2.05) is 0 Å². The van der Waals surface area contributed by atoms with Crippen molar-refractivity contribution in [2.45, 2.75) is 39.2 Å². The Labute approximate surface area is 80.3 Å². The molecule has 1 aliphatic carbocycles. The molecule has 2 aliphatic heterocycles. The number of ether oxygens (including phenoxy) is 1. The lowest BCUT2D eigenvalue weighted by molar-refractivity contribution is -0.236. The predicted molar refractivity (Wildman–Crippen MR) is 51.4 cm³/mol.